The third-order valence-corrected chi connectivity index (χ3v) is 2.39. The number of amides is 1. The van der Waals surface area contributed by atoms with Gasteiger partial charge in [0.1, 0.15) is 5.60 Å². The number of carbonyl (C=O) groups is 1. The largest absolute Gasteiger partial charge is 0.444 e. The lowest BCUT2D eigenvalue weighted by Crippen LogP contribution is -2.60. The number of hydrogen-bond acceptors (Lipinski definition) is 3. The van der Waals surface area contributed by atoms with Crippen molar-refractivity contribution in [1.29, 1.82) is 0 Å². The molecule has 0 atom stereocenters. The number of likely N-dealkylation sites (tertiary alicyclic amines) is 1. The highest BCUT2D eigenvalue weighted by molar-refractivity contribution is 5.69. The van der Waals surface area contributed by atoms with Gasteiger partial charge in [0.2, 0.25) is 0 Å². The number of hydrogen-bond donors (Lipinski definition) is 1. The van der Waals surface area contributed by atoms with Crippen molar-refractivity contribution in [2.24, 2.45) is 0 Å². The van der Waals surface area contributed by atoms with Crippen LogP contribution >= 0.6 is 0 Å². The van der Waals surface area contributed by atoms with Crippen LogP contribution < -0.4 is 5.32 Å². The fraction of sp³-hybridized carbons (Fsp3) is 0.769. The molecule has 0 aliphatic carbocycles. The summed E-state index contributed by atoms with van der Waals surface area (Å²) in [6.07, 6.45) is 0.642. The maximum atomic E-state index is 11.6. The van der Waals surface area contributed by atoms with Gasteiger partial charge >= 0.3 is 6.09 Å². The van der Waals surface area contributed by atoms with Crippen molar-refractivity contribution in [3.05, 3.63) is 0 Å². The van der Waals surface area contributed by atoms with Crippen LogP contribution in [0.2, 0.25) is 0 Å². The minimum atomic E-state index is -0.410. The van der Waals surface area contributed by atoms with E-state index in [1.54, 1.807) is 4.90 Å². The minimum Gasteiger partial charge on any atom is -0.444 e. The van der Waals surface area contributed by atoms with E-state index in [9.17, 15) is 4.79 Å². The van der Waals surface area contributed by atoms with Crippen LogP contribution in [-0.4, -0.2) is 42.3 Å². The van der Waals surface area contributed by atoms with Gasteiger partial charge in [-0.3, -0.25) is 0 Å². The van der Waals surface area contributed by atoms with Crippen molar-refractivity contribution in [2.75, 3.05) is 19.6 Å². The molecule has 0 unspecified atom stereocenters. The normalized spacial score (nSPS) is 15.9. The molecule has 0 aromatic carbocycles. The molecule has 0 saturated carbocycles. The molecule has 96 valence electrons. The quantitative estimate of drug-likeness (QED) is 0.600. The molecule has 1 amide bonds. The molecule has 0 aromatic heterocycles. The molecule has 1 rings (SSSR count). The van der Waals surface area contributed by atoms with Gasteiger partial charge in [-0.05, 0) is 27.7 Å². The Labute approximate surface area is 104 Å². The first-order valence-corrected chi connectivity index (χ1v) is 6.03. The zero-order valence-electron chi connectivity index (χ0n) is 11.2. The van der Waals surface area contributed by atoms with Crippen molar-refractivity contribution in [2.45, 2.75) is 45.8 Å². The maximum Gasteiger partial charge on any atom is 0.410 e. The third-order valence-electron chi connectivity index (χ3n) is 2.39. The van der Waals surface area contributed by atoms with Crippen LogP contribution in [0, 0.1) is 11.8 Å². The zero-order chi connectivity index (χ0) is 12.9. The number of rotatable bonds is 3. The number of ether oxygens (including phenoxy) is 1. The van der Waals surface area contributed by atoms with E-state index in [1.165, 1.54) is 0 Å². The highest BCUT2D eigenvalue weighted by atomic mass is 16.6. The van der Waals surface area contributed by atoms with E-state index in [2.05, 4.69) is 17.2 Å². The third kappa shape index (κ3) is 5.10. The van der Waals surface area contributed by atoms with Gasteiger partial charge in [0.25, 0.3) is 0 Å². The molecule has 1 aliphatic heterocycles. The standard InChI is InChI=1S/C13H22N2O2/c1-5-6-7-8-14-11-9-15(10-11)12(16)17-13(2,3)4/h11,14H,7-10H2,1-4H3. The topological polar surface area (TPSA) is 41.6 Å². The maximum absolute atomic E-state index is 11.6. The van der Waals surface area contributed by atoms with Gasteiger partial charge in [-0.15, -0.1) is 11.8 Å². The molecule has 1 N–H and O–H groups in total. The Balaban J connectivity index is 2.13. The molecular weight excluding hydrogens is 216 g/mol. The summed E-state index contributed by atoms with van der Waals surface area (Å²) in [5, 5.41) is 3.35. The van der Waals surface area contributed by atoms with Crippen LogP contribution in [0.15, 0.2) is 0 Å². The molecular formula is C13H22N2O2. The molecule has 0 spiro atoms. The summed E-state index contributed by atoms with van der Waals surface area (Å²) < 4.78 is 5.27. The second kappa shape index (κ2) is 5.92. The van der Waals surface area contributed by atoms with E-state index in [-0.39, 0.29) is 6.09 Å². The monoisotopic (exact) mass is 238 g/mol. The van der Waals surface area contributed by atoms with Gasteiger partial charge < -0.3 is 15.0 Å². The average Bonchev–Trinajstić information content (AvgIpc) is 2.11. The van der Waals surface area contributed by atoms with Crippen molar-refractivity contribution in [3.8, 4) is 11.8 Å². The summed E-state index contributed by atoms with van der Waals surface area (Å²) in [7, 11) is 0. The molecule has 1 saturated heterocycles. The Morgan fingerprint density at radius 3 is 2.65 bits per heavy atom. The van der Waals surface area contributed by atoms with Crippen LogP contribution in [0.4, 0.5) is 4.79 Å². The van der Waals surface area contributed by atoms with E-state index in [4.69, 9.17) is 4.74 Å². The van der Waals surface area contributed by atoms with Crippen molar-refractivity contribution < 1.29 is 9.53 Å². The predicted octanol–water partition coefficient (Wildman–Crippen LogP) is 1.61. The minimum absolute atomic E-state index is 0.219. The number of nitrogens with zero attached hydrogens (tertiary/aromatic N) is 1. The lowest BCUT2D eigenvalue weighted by Gasteiger charge is -2.40. The van der Waals surface area contributed by atoms with Crippen LogP contribution in [0.1, 0.15) is 34.1 Å². The van der Waals surface area contributed by atoms with Gasteiger partial charge in [0.05, 0.1) is 0 Å². The van der Waals surface area contributed by atoms with Crippen molar-refractivity contribution in [3.63, 3.8) is 0 Å². The van der Waals surface area contributed by atoms with E-state index in [0.717, 1.165) is 26.1 Å². The molecule has 0 aromatic rings. The highest BCUT2D eigenvalue weighted by Gasteiger charge is 2.32. The van der Waals surface area contributed by atoms with E-state index in [1.807, 2.05) is 27.7 Å². The second-order valence-corrected chi connectivity index (χ2v) is 5.21. The molecule has 4 nitrogen and oxygen atoms in total. The lowest BCUT2D eigenvalue weighted by molar-refractivity contribution is 0.00545. The SMILES string of the molecule is CC#CCCNC1CN(C(=O)OC(C)(C)C)C1. The van der Waals surface area contributed by atoms with E-state index >= 15 is 0 Å². The van der Waals surface area contributed by atoms with Crippen LogP contribution in [0.3, 0.4) is 0 Å². The fourth-order valence-electron chi connectivity index (χ4n) is 1.55. The molecule has 4 heteroatoms. The summed E-state index contributed by atoms with van der Waals surface area (Å²) in [4.78, 5) is 13.3. The summed E-state index contributed by atoms with van der Waals surface area (Å²) in [5.41, 5.74) is -0.410. The summed E-state index contributed by atoms with van der Waals surface area (Å²) in [6, 6.07) is 0.390. The molecule has 1 heterocycles. The highest BCUT2D eigenvalue weighted by Crippen LogP contribution is 2.14. The van der Waals surface area contributed by atoms with E-state index in [0.29, 0.717) is 6.04 Å². The Morgan fingerprint density at radius 1 is 1.47 bits per heavy atom. The Kier molecular flexibility index (Phi) is 4.83. The van der Waals surface area contributed by atoms with Gasteiger partial charge in [-0.25, -0.2) is 4.79 Å². The van der Waals surface area contributed by atoms with Gasteiger partial charge in [-0.2, -0.15) is 0 Å². The van der Waals surface area contributed by atoms with Crippen LogP contribution in [0.5, 0.6) is 0 Å². The van der Waals surface area contributed by atoms with Gasteiger partial charge in [-0.1, -0.05) is 0 Å². The van der Waals surface area contributed by atoms with Crippen LogP contribution in [-0.2, 0) is 4.74 Å². The average molecular weight is 238 g/mol. The predicted molar refractivity (Wildman–Crippen MR) is 67.7 cm³/mol. The first-order valence-electron chi connectivity index (χ1n) is 6.03. The molecule has 17 heavy (non-hydrogen) atoms. The van der Waals surface area contributed by atoms with Gasteiger partial charge in [0, 0.05) is 32.1 Å². The van der Waals surface area contributed by atoms with Gasteiger partial charge in [0.15, 0.2) is 0 Å². The van der Waals surface area contributed by atoms with E-state index < -0.39 is 5.60 Å². The molecule has 0 radical (unpaired) electrons. The fourth-order valence-corrected chi connectivity index (χ4v) is 1.55. The van der Waals surface area contributed by atoms with Crippen molar-refractivity contribution >= 4 is 6.09 Å². The Morgan fingerprint density at radius 2 is 2.12 bits per heavy atom. The summed E-state index contributed by atoms with van der Waals surface area (Å²) in [5.74, 6) is 5.85. The van der Waals surface area contributed by atoms with Crippen molar-refractivity contribution in [1.82, 2.24) is 10.2 Å². The summed E-state index contributed by atoms with van der Waals surface area (Å²) in [6.45, 7) is 9.82. The molecule has 0 bridgehead atoms. The Bertz CT molecular complexity index is 317. The van der Waals surface area contributed by atoms with Crippen LogP contribution in [0.25, 0.3) is 0 Å². The summed E-state index contributed by atoms with van der Waals surface area (Å²) >= 11 is 0. The zero-order valence-corrected chi connectivity index (χ0v) is 11.2. The Hall–Kier alpha value is -1.21. The number of nitrogens with one attached hydrogen (secondary N) is 1. The number of carbonyl (C=O) groups excluding carboxylic acids is 1. The molecule has 1 fully saturated rings. The first kappa shape index (κ1) is 13.9. The first-order chi connectivity index (χ1) is 7.92. The smallest absolute Gasteiger partial charge is 0.410 e. The second-order valence-electron chi connectivity index (χ2n) is 5.21. The lowest BCUT2D eigenvalue weighted by atomic mass is 10.1. The molecule has 1 aliphatic rings.